The van der Waals surface area contributed by atoms with Gasteiger partial charge in [0.15, 0.2) is 0 Å². The Labute approximate surface area is 118 Å². The van der Waals surface area contributed by atoms with E-state index in [9.17, 15) is 4.79 Å². The second-order valence-electron chi connectivity index (χ2n) is 5.49. The molecule has 2 heterocycles. The van der Waals surface area contributed by atoms with Gasteiger partial charge in [-0.1, -0.05) is 18.2 Å². The molecular weight excluding hydrogens is 252 g/mol. The molecule has 4 nitrogen and oxygen atoms in total. The zero-order chi connectivity index (χ0) is 14.1. The van der Waals surface area contributed by atoms with Gasteiger partial charge in [-0.05, 0) is 38.1 Å². The maximum absolute atomic E-state index is 12.1. The van der Waals surface area contributed by atoms with Crippen molar-refractivity contribution in [2.75, 3.05) is 20.7 Å². The number of nitrogens with zero attached hydrogens (tertiary/aromatic N) is 1. The molecule has 1 aliphatic heterocycles. The second kappa shape index (κ2) is 5.29. The van der Waals surface area contributed by atoms with Gasteiger partial charge >= 0.3 is 5.97 Å². The Morgan fingerprint density at radius 1 is 1.40 bits per heavy atom. The number of ether oxygens (including phenoxy) is 1. The normalized spacial score (nSPS) is 23.9. The molecule has 1 aliphatic rings. The molecule has 1 aromatic carbocycles. The number of aromatic amines is 1. The van der Waals surface area contributed by atoms with Gasteiger partial charge in [0, 0.05) is 23.1 Å². The molecule has 1 N–H and O–H groups in total. The van der Waals surface area contributed by atoms with E-state index in [2.05, 4.69) is 29.1 Å². The average Bonchev–Trinajstić information content (AvgIpc) is 2.90. The highest BCUT2D eigenvalue weighted by Crippen LogP contribution is 2.38. The lowest BCUT2D eigenvalue weighted by Crippen LogP contribution is -2.40. The molecule has 2 aromatic rings. The summed E-state index contributed by atoms with van der Waals surface area (Å²) in [6, 6.07) is 8.32. The van der Waals surface area contributed by atoms with Crippen molar-refractivity contribution in [1.82, 2.24) is 9.88 Å². The van der Waals surface area contributed by atoms with Gasteiger partial charge in [-0.2, -0.15) is 0 Å². The molecule has 1 fully saturated rings. The van der Waals surface area contributed by atoms with Crippen LogP contribution in [0.25, 0.3) is 10.9 Å². The van der Waals surface area contributed by atoms with Crippen LogP contribution in [0.1, 0.15) is 24.4 Å². The number of aromatic nitrogens is 1. The summed E-state index contributed by atoms with van der Waals surface area (Å²) in [6.45, 7) is 1.01. The van der Waals surface area contributed by atoms with Crippen molar-refractivity contribution >= 4 is 16.9 Å². The minimum Gasteiger partial charge on any atom is -0.469 e. The van der Waals surface area contributed by atoms with Gasteiger partial charge in [0.05, 0.1) is 13.0 Å². The van der Waals surface area contributed by atoms with Crippen molar-refractivity contribution in [2.45, 2.75) is 18.9 Å². The van der Waals surface area contributed by atoms with Crippen LogP contribution in [0.2, 0.25) is 0 Å². The zero-order valence-corrected chi connectivity index (χ0v) is 11.9. The lowest BCUT2D eigenvalue weighted by atomic mass is 9.85. The van der Waals surface area contributed by atoms with Crippen LogP contribution in [0.5, 0.6) is 0 Å². The van der Waals surface area contributed by atoms with E-state index in [1.54, 1.807) is 0 Å². The maximum Gasteiger partial charge on any atom is 0.310 e. The van der Waals surface area contributed by atoms with Crippen molar-refractivity contribution in [3.05, 3.63) is 36.0 Å². The van der Waals surface area contributed by atoms with Crippen molar-refractivity contribution in [2.24, 2.45) is 5.92 Å². The highest BCUT2D eigenvalue weighted by molar-refractivity contribution is 5.85. The summed E-state index contributed by atoms with van der Waals surface area (Å²) in [5.41, 5.74) is 2.31. The first-order valence-corrected chi connectivity index (χ1v) is 7.06. The first-order valence-electron chi connectivity index (χ1n) is 7.06. The first kappa shape index (κ1) is 13.2. The number of likely N-dealkylation sites (tertiary alicyclic amines) is 1. The maximum atomic E-state index is 12.1. The number of fused-ring (bicyclic) bond motifs is 1. The third-order valence-electron chi connectivity index (χ3n) is 4.33. The molecule has 0 amide bonds. The SMILES string of the molecule is COC(=O)[C@@H]1CCCN(C)[C@H]1c1c[nH]c2ccccc12. The van der Waals surface area contributed by atoms with Crippen molar-refractivity contribution in [1.29, 1.82) is 0 Å². The van der Waals surface area contributed by atoms with Crippen LogP contribution in [0.4, 0.5) is 0 Å². The van der Waals surface area contributed by atoms with E-state index in [0.29, 0.717) is 0 Å². The smallest absolute Gasteiger partial charge is 0.310 e. The van der Waals surface area contributed by atoms with E-state index >= 15 is 0 Å². The molecule has 0 radical (unpaired) electrons. The number of methoxy groups -OCH3 is 1. The number of nitrogens with one attached hydrogen (secondary N) is 1. The second-order valence-corrected chi connectivity index (χ2v) is 5.49. The summed E-state index contributed by atoms with van der Waals surface area (Å²) < 4.78 is 5.00. The first-order chi connectivity index (χ1) is 9.72. The molecule has 0 saturated carbocycles. The van der Waals surface area contributed by atoms with Gasteiger partial charge in [0.2, 0.25) is 0 Å². The van der Waals surface area contributed by atoms with Gasteiger partial charge in [-0.25, -0.2) is 0 Å². The van der Waals surface area contributed by atoms with E-state index in [-0.39, 0.29) is 17.9 Å². The highest BCUT2D eigenvalue weighted by atomic mass is 16.5. The minimum atomic E-state index is -0.105. The van der Waals surface area contributed by atoms with Crippen molar-refractivity contribution < 1.29 is 9.53 Å². The minimum absolute atomic E-state index is 0.0852. The van der Waals surface area contributed by atoms with Gasteiger partial charge in [0.25, 0.3) is 0 Å². The van der Waals surface area contributed by atoms with Crippen LogP contribution in [0, 0.1) is 5.92 Å². The number of esters is 1. The predicted octanol–water partition coefficient (Wildman–Crippen LogP) is 2.72. The Morgan fingerprint density at radius 3 is 3.00 bits per heavy atom. The van der Waals surface area contributed by atoms with E-state index in [0.717, 1.165) is 24.9 Å². The molecule has 1 aromatic heterocycles. The molecule has 0 unspecified atom stereocenters. The number of H-pyrrole nitrogens is 1. The topological polar surface area (TPSA) is 45.3 Å². The Morgan fingerprint density at radius 2 is 2.20 bits per heavy atom. The number of carbonyl (C=O) groups is 1. The van der Waals surface area contributed by atoms with E-state index in [1.807, 2.05) is 18.3 Å². The largest absolute Gasteiger partial charge is 0.469 e. The fourth-order valence-electron chi connectivity index (χ4n) is 3.36. The lowest BCUT2D eigenvalue weighted by molar-refractivity contribution is -0.149. The van der Waals surface area contributed by atoms with Crippen LogP contribution in [0.15, 0.2) is 30.5 Å². The molecule has 0 aliphatic carbocycles. The van der Waals surface area contributed by atoms with Crippen LogP contribution in [-0.2, 0) is 9.53 Å². The number of para-hydroxylation sites is 1. The van der Waals surface area contributed by atoms with Gasteiger partial charge < -0.3 is 9.72 Å². The lowest BCUT2D eigenvalue weighted by Gasteiger charge is -2.37. The van der Waals surface area contributed by atoms with Crippen LogP contribution in [0.3, 0.4) is 0 Å². The van der Waals surface area contributed by atoms with E-state index < -0.39 is 0 Å². The molecule has 0 bridgehead atoms. The average molecular weight is 272 g/mol. The zero-order valence-electron chi connectivity index (χ0n) is 11.9. The molecule has 106 valence electrons. The Hall–Kier alpha value is -1.81. The molecule has 2 atom stereocenters. The summed E-state index contributed by atoms with van der Waals surface area (Å²) in [5, 5.41) is 1.19. The third kappa shape index (κ3) is 2.10. The molecule has 3 rings (SSSR count). The Balaban J connectivity index is 2.06. The number of hydrogen-bond donors (Lipinski definition) is 1. The number of benzene rings is 1. The van der Waals surface area contributed by atoms with Gasteiger partial charge in [0.1, 0.15) is 0 Å². The van der Waals surface area contributed by atoms with Crippen LogP contribution in [-0.4, -0.2) is 36.6 Å². The molecule has 1 saturated heterocycles. The fourth-order valence-corrected chi connectivity index (χ4v) is 3.36. The van der Waals surface area contributed by atoms with Gasteiger partial charge in [-0.3, -0.25) is 9.69 Å². The Bertz CT molecular complexity index is 620. The van der Waals surface area contributed by atoms with Gasteiger partial charge in [-0.15, -0.1) is 0 Å². The van der Waals surface area contributed by atoms with E-state index in [1.165, 1.54) is 18.1 Å². The monoisotopic (exact) mass is 272 g/mol. The number of piperidine rings is 1. The number of hydrogen-bond acceptors (Lipinski definition) is 3. The summed E-state index contributed by atoms with van der Waals surface area (Å²) in [6.07, 6.45) is 3.96. The van der Waals surface area contributed by atoms with Crippen molar-refractivity contribution in [3.63, 3.8) is 0 Å². The number of rotatable bonds is 2. The highest BCUT2D eigenvalue weighted by Gasteiger charge is 2.37. The third-order valence-corrected chi connectivity index (χ3v) is 4.33. The van der Waals surface area contributed by atoms with Crippen LogP contribution < -0.4 is 0 Å². The summed E-state index contributed by atoms with van der Waals surface area (Å²) >= 11 is 0. The summed E-state index contributed by atoms with van der Waals surface area (Å²) in [4.78, 5) is 17.7. The standard InChI is InChI=1S/C16H20N2O2/c1-18-9-5-7-12(16(19)20-2)15(18)13-10-17-14-8-4-3-6-11(13)14/h3-4,6,8,10,12,15,17H,5,7,9H2,1-2H3/t12-,15-/m1/s1. The molecular formula is C16H20N2O2. The van der Waals surface area contributed by atoms with Crippen LogP contribution >= 0.6 is 0 Å². The quantitative estimate of drug-likeness (QED) is 0.855. The molecule has 0 spiro atoms. The predicted molar refractivity (Wildman–Crippen MR) is 78.4 cm³/mol. The van der Waals surface area contributed by atoms with E-state index in [4.69, 9.17) is 4.74 Å². The summed E-state index contributed by atoms with van der Waals surface area (Å²) in [5.74, 6) is -0.190. The summed E-state index contributed by atoms with van der Waals surface area (Å²) in [7, 11) is 3.56. The number of carbonyl (C=O) groups excluding carboxylic acids is 1. The van der Waals surface area contributed by atoms with Crippen molar-refractivity contribution in [3.8, 4) is 0 Å². The molecule has 20 heavy (non-hydrogen) atoms. The Kier molecular flexibility index (Phi) is 3.49. The fraction of sp³-hybridized carbons (Fsp3) is 0.438. The molecule has 4 heteroatoms.